The van der Waals surface area contributed by atoms with Gasteiger partial charge in [0.05, 0.1) is 22.0 Å². The second kappa shape index (κ2) is 9.42. The molecule has 0 fully saturated rings. The van der Waals surface area contributed by atoms with E-state index in [9.17, 15) is 5.11 Å². The Hall–Kier alpha value is -2.68. The molecule has 2 heterocycles. The van der Waals surface area contributed by atoms with Gasteiger partial charge < -0.3 is 25.0 Å². The summed E-state index contributed by atoms with van der Waals surface area (Å²) >= 11 is 6.47. The summed E-state index contributed by atoms with van der Waals surface area (Å²) in [5, 5.41) is 20.4. The summed E-state index contributed by atoms with van der Waals surface area (Å²) in [6.45, 7) is 6.27. The maximum Gasteiger partial charge on any atom is 0.163 e. The summed E-state index contributed by atoms with van der Waals surface area (Å²) in [7, 11) is 3.58. The van der Waals surface area contributed by atoms with E-state index >= 15 is 0 Å². The van der Waals surface area contributed by atoms with Crippen LogP contribution in [0.1, 0.15) is 17.0 Å². The van der Waals surface area contributed by atoms with Gasteiger partial charge >= 0.3 is 0 Å². The number of aromatic nitrogens is 3. The lowest BCUT2D eigenvalue weighted by molar-refractivity contribution is 0.108. The SMILES string of the molecule is CNCC(O)COc1ccc(Cl)c(-c2nc(NC)c(C)c(-c3c(C)noc3C)n2)c1. The molecular formula is C21H26ClN5O3. The molecule has 1 unspecified atom stereocenters. The minimum absolute atomic E-state index is 0.156. The summed E-state index contributed by atoms with van der Waals surface area (Å²) in [6.07, 6.45) is -0.619. The number of nitrogens with one attached hydrogen (secondary N) is 2. The van der Waals surface area contributed by atoms with Crippen LogP contribution in [-0.2, 0) is 0 Å². The number of aliphatic hydroxyl groups excluding tert-OH is 1. The molecule has 0 saturated carbocycles. The number of likely N-dealkylation sites (N-methyl/N-ethyl adjacent to an activating group) is 1. The minimum atomic E-state index is -0.619. The third-order valence-corrected chi connectivity index (χ3v) is 5.04. The highest BCUT2D eigenvalue weighted by atomic mass is 35.5. The Kier molecular flexibility index (Phi) is 6.91. The number of halogens is 1. The summed E-state index contributed by atoms with van der Waals surface area (Å²) < 4.78 is 11.0. The van der Waals surface area contributed by atoms with Crippen LogP contribution in [0.2, 0.25) is 5.02 Å². The summed E-state index contributed by atoms with van der Waals surface area (Å²) in [5.74, 6) is 2.38. The van der Waals surface area contributed by atoms with Gasteiger partial charge in [0.15, 0.2) is 5.82 Å². The molecule has 0 aliphatic carbocycles. The van der Waals surface area contributed by atoms with E-state index in [1.54, 1.807) is 32.3 Å². The normalized spacial score (nSPS) is 12.1. The highest BCUT2D eigenvalue weighted by Crippen LogP contribution is 2.35. The first-order chi connectivity index (χ1) is 14.3. The Morgan fingerprint density at radius 1 is 1.20 bits per heavy atom. The molecule has 0 amide bonds. The Balaban J connectivity index is 2.05. The molecule has 3 aromatic rings. The van der Waals surface area contributed by atoms with Gasteiger partial charge in [-0.3, -0.25) is 0 Å². The molecule has 3 rings (SSSR count). The van der Waals surface area contributed by atoms with E-state index in [1.807, 2.05) is 20.8 Å². The lowest BCUT2D eigenvalue weighted by Gasteiger charge is -2.15. The van der Waals surface area contributed by atoms with Gasteiger partial charge in [0.1, 0.15) is 30.0 Å². The van der Waals surface area contributed by atoms with Crippen LogP contribution in [0, 0.1) is 20.8 Å². The van der Waals surface area contributed by atoms with Gasteiger partial charge in [0.25, 0.3) is 0 Å². The second-order valence-electron chi connectivity index (χ2n) is 6.98. The molecule has 8 nitrogen and oxygen atoms in total. The number of nitrogens with zero attached hydrogens (tertiary/aromatic N) is 3. The Labute approximate surface area is 180 Å². The van der Waals surface area contributed by atoms with Gasteiger partial charge in [-0.2, -0.15) is 0 Å². The second-order valence-corrected chi connectivity index (χ2v) is 7.39. The van der Waals surface area contributed by atoms with E-state index in [-0.39, 0.29) is 6.61 Å². The number of aryl methyl sites for hydroxylation is 2. The fourth-order valence-electron chi connectivity index (χ4n) is 3.20. The van der Waals surface area contributed by atoms with E-state index in [0.717, 1.165) is 22.5 Å². The quantitative estimate of drug-likeness (QED) is 0.498. The third-order valence-electron chi connectivity index (χ3n) is 4.71. The average molecular weight is 432 g/mol. The molecule has 0 radical (unpaired) electrons. The largest absolute Gasteiger partial charge is 0.491 e. The molecule has 0 saturated heterocycles. The van der Waals surface area contributed by atoms with Gasteiger partial charge in [0, 0.05) is 24.7 Å². The minimum Gasteiger partial charge on any atom is -0.491 e. The average Bonchev–Trinajstić information content (AvgIpc) is 3.06. The van der Waals surface area contributed by atoms with Crippen molar-refractivity contribution in [3.05, 3.63) is 40.2 Å². The smallest absolute Gasteiger partial charge is 0.163 e. The number of hydrogen-bond acceptors (Lipinski definition) is 8. The van der Waals surface area contributed by atoms with Crippen molar-refractivity contribution in [2.24, 2.45) is 0 Å². The Morgan fingerprint density at radius 2 is 1.97 bits per heavy atom. The van der Waals surface area contributed by atoms with Crippen LogP contribution in [-0.4, -0.2) is 53.6 Å². The first-order valence-corrected chi connectivity index (χ1v) is 9.98. The van der Waals surface area contributed by atoms with Crippen LogP contribution < -0.4 is 15.4 Å². The summed E-state index contributed by atoms with van der Waals surface area (Å²) in [4.78, 5) is 9.44. The summed E-state index contributed by atoms with van der Waals surface area (Å²) in [6, 6.07) is 5.25. The zero-order valence-corrected chi connectivity index (χ0v) is 18.5. The lowest BCUT2D eigenvalue weighted by Crippen LogP contribution is -2.29. The number of hydrogen-bond donors (Lipinski definition) is 3. The fraction of sp³-hybridized carbons (Fsp3) is 0.381. The highest BCUT2D eigenvalue weighted by Gasteiger charge is 2.21. The number of ether oxygens (including phenoxy) is 1. The maximum atomic E-state index is 9.88. The zero-order valence-electron chi connectivity index (χ0n) is 17.7. The molecule has 2 aromatic heterocycles. The van der Waals surface area contributed by atoms with Crippen molar-refractivity contribution in [2.45, 2.75) is 26.9 Å². The van der Waals surface area contributed by atoms with Crippen molar-refractivity contribution in [1.82, 2.24) is 20.4 Å². The van der Waals surface area contributed by atoms with Crippen LogP contribution >= 0.6 is 11.6 Å². The van der Waals surface area contributed by atoms with E-state index in [0.29, 0.717) is 40.3 Å². The topological polar surface area (TPSA) is 105 Å². The number of rotatable bonds is 8. The first kappa shape index (κ1) is 22.0. The molecule has 30 heavy (non-hydrogen) atoms. The Bertz CT molecular complexity index is 1020. The lowest BCUT2D eigenvalue weighted by atomic mass is 10.0. The van der Waals surface area contributed by atoms with E-state index < -0.39 is 6.10 Å². The number of anilines is 1. The van der Waals surface area contributed by atoms with Crippen molar-refractivity contribution in [1.29, 1.82) is 0 Å². The van der Waals surface area contributed by atoms with Crippen LogP contribution in [0.25, 0.3) is 22.6 Å². The third kappa shape index (κ3) is 4.56. The first-order valence-electron chi connectivity index (χ1n) is 9.60. The van der Waals surface area contributed by atoms with Gasteiger partial charge in [-0.1, -0.05) is 16.8 Å². The van der Waals surface area contributed by atoms with Crippen LogP contribution in [0.15, 0.2) is 22.7 Å². The number of benzene rings is 1. The fourth-order valence-corrected chi connectivity index (χ4v) is 3.40. The molecular weight excluding hydrogens is 406 g/mol. The highest BCUT2D eigenvalue weighted by molar-refractivity contribution is 6.33. The van der Waals surface area contributed by atoms with Crippen molar-refractivity contribution in [2.75, 3.05) is 32.6 Å². The van der Waals surface area contributed by atoms with Gasteiger partial charge in [-0.25, -0.2) is 9.97 Å². The van der Waals surface area contributed by atoms with E-state index in [1.165, 1.54) is 0 Å². The van der Waals surface area contributed by atoms with Crippen molar-refractivity contribution >= 4 is 17.4 Å². The van der Waals surface area contributed by atoms with Crippen LogP contribution in [0.4, 0.5) is 5.82 Å². The van der Waals surface area contributed by atoms with Crippen molar-refractivity contribution in [3.8, 4) is 28.4 Å². The van der Waals surface area contributed by atoms with E-state index in [4.69, 9.17) is 25.8 Å². The van der Waals surface area contributed by atoms with Crippen LogP contribution in [0.5, 0.6) is 5.75 Å². The molecule has 1 atom stereocenters. The predicted molar refractivity (Wildman–Crippen MR) is 117 cm³/mol. The van der Waals surface area contributed by atoms with E-state index in [2.05, 4.69) is 20.8 Å². The molecule has 1 aromatic carbocycles. The monoisotopic (exact) mass is 431 g/mol. The maximum absolute atomic E-state index is 9.88. The van der Waals surface area contributed by atoms with Crippen molar-refractivity contribution < 1.29 is 14.4 Å². The standard InChI is InChI=1S/C21H26ClN5O3/c1-11-19(18-12(2)27-30-13(18)3)25-21(26-20(11)24-5)16-8-15(6-7-17(16)22)29-10-14(28)9-23-4/h6-8,14,23,28H,9-10H2,1-5H3,(H,24,25,26). The molecule has 0 bridgehead atoms. The Morgan fingerprint density at radius 3 is 2.60 bits per heavy atom. The predicted octanol–water partition coefficient (Wildman–Crippen LogP) is 3.38. The van der Waals surface area contributed by atoms with Gasteiger partial charge in [0.2, 0.25) is 0 Å². The van der Waals surface area contributed by atoms with Gasteiger partial charge in [-0.05, 0) is 46.0 Å². The molecule has 160 valence electrons. The molecule has 0 aliphatic heterocycles. The summed E-state index contributed by atoms with van der Waals surface area (Å²) in [5.41, 5.74) is 3.83. The molecule has 3 N–H and O–H groups in total. The van der Waals surface area contributed by atoms with Gasteiger partial charge in [-0.15, -0.1) is 0 Å². The van der Waals surface area contributed by atoms with Crippen molar-refractivity contribution in [3.63, 3.8) is 0 Å². The molecule has 0 aliphatic rings. The van der Waals surface area contributed by atoms with Crippen LogP contribution in [0.3, 0.4) is 0 Å². The zero-order chi connectivity index (χ0) is 21.8. The number of aliphatic hydroxyl groups is 1. The molecule has 9 heteroatoms. The molecule has 0 spiro atoms.